The normalized spacial score (nSPS) is 21.8. The van der Waals surface area contributed by atoms with E-state index in [1.54, 1.807) is 23.1 Å². The molecule has 2 rings (SSSR count). The van der Waals surface area contributed by atoms with E-state index < -0.39 is 0 Å². The SMILES string of the molecule is CC(C)N(Cc1ccccc1F)C(=O)[C@@H]1CCC[C@@H]1CN. The van der Waals surface area contributed by atoms with Gasteiger partial charge in [0, 0.05) is 24.1 Å². The second-order valence-corrected chi connectivity index (χ2v) is 6.18. The molecule has 1 aromatic rings. The van der Waals surface area contributed by atoms with E-state index in [0.717, 1.165) is 19.3 Å². The zero-order valence-electron chi connectivity index (χ0n) is 12.9. The summed E-state index contributed by atoms with van der Waals surface area (Å²) in [6.45, 7) is 4.84. The number of benzene rings is 1. The van der Waals surface area contributed by atoms with E-state index in [1.807, 2.05) is 13.8 Å². The van der Waals surface area contributed by atoms with Gasteiger partial charge in [0.2, 0.25) is 5.91 Å². The highest BCUT2D eigenvalue weighted by molar-refractivity contribution is 5.79. The van der Waals surface area contributed by atoms with Crippen molar-refractivity contribution in [2.45, 2.75) is 45.7 Å². The molecule has 0 unspecified atom stereocenters. The van der Waals surface area contributed by atoms with Crippen LogP contribution >= 0.6 is 0 Å². The summed E-state index contributed by atoms with van der Waals surface area (Å²) in [5.74, 6) is 0.155. The number of carbonyl (C=O) groups is 1. The number of nitrogens with zero attached hydrogens (tertiary/aromatic N) is 1. The molecule has 0 aromatic heterocycles. The third-order valence-electron chi connectivity index (χ3n) is 4.48. The van der Waals surface area contributed by atoms with Crippen molar-refractivity contribution in [1.82, 2.24) is 4.90 Å². The molecule has 1 amide bonds. The molecule has 0 heterocycles. The van der Waals surface area contributed by atoms with Gasteiger partial charge in [-0.2, -0.15) is 0 Å². The molecule has 3 nitrogen and oxygen atoms in total. The Kier molecular flexibility index (Phi) is 5.34. The Labute approximate surface area is 126 Å². The molecular weight excluding hydrogens is 267 g/mol. The average Bonchev–Trinajstić information content (AvgIpc) is 2.93. The van der Waals surface area contributed by atoms with Gasteiger partial charge in [-0.05, 0) is 45.2 Å². The fourth-order valence-electron chi connectivity index (χ4n) is 3.18. The zero-order chi connectivity index (χ0) is 15.4. The second-order valence-electron chi connectivity index (χ2n) is 6.18. The maximum atomic E-state index is 13.8. The van der Waals surface area contributed by atoms with Gasteiger partial charge in [0.1, 0.15) is 5.82 Å². The molecule has 21 heavy (non-hydrogen) atoms. The first-order chi connectivity index (χ1) is 10.0. The van der Waals surface area contributed by atoms with Gasteiger partial charge in [-0.3, -0.25) is 4.79 Å². The van der Waals surface area contributed by atoms with Crippen LogP contribution in [0.5, 0.6) is 0 Å². The Morgan fingerprint density at radius 3 is 2.71 bits per heavy atom. The molecule has 0 saturated heterocycles. The Morgan fingerprint density at radius 2 is 2.10 bits per heavy atom. The van der Waals surface area contributed by atoms with E-state index in [0.29, 0.717) is 18.7 Å². The number of hydrogen-bond donors (Lipinski definition) is 1. The van der Waals surface area contributed by atoms with Crippen molar-refractivity contribution in [2.24, 2.45) is 17.6 Å². The number of halogens is 1. The van der Waals surface area contributed by atoms with E-state index >= 15 is 0 Å². The third-order valence-corrected chi connectivity index (χ3v) is 4.48. The minimum atomic E-state index is -0.252. The monoisotopic (exact) mass is 292 g/mol. The van der Waals surface area contributed by atoms with E-state index in [1.165, 1.54) is 6.07 Å². The summed E-state index contributed by atoms with van der Waals surface area (Å²) in [5.41, 5.74) is 6.36. The minimum Gasteiger partial charge on any atom is -0.336 e. The lowest BCUT2D eigenvalue weighted by Crippen LogP contribution is -2.42. The summed E-state index contributed by atoms with van der Waals surface area (Å²) < 4.78 is 13.8. The van der Waals surface area contributed by atoms with Crippen molar-refractivity contribution in [3.05, 3.63) is 35.6 Å². The molecule has 2 N–H and O–H groups in total. The largest absolute Gasteiger partial charge is 0.336 e. The molecule has 0 aliphatic heterocycles. The Morgan fingerprint density at radius 1 is 1.38 bits per heavy atom. The maximum absolute atomic E-state index is 13.8. The molecule has 1 aliphatic rings. The summed E-state index contributed by atoms with van der Waals surface area (Å²) in [6, 6.07) is 6.71. The molecule has 0 radical (unpaired) electrons. The predicted molar refractivity (Wildman–Crippen MR) is 82.0 cm³/mol. The molecule has 116 valence electrons. The Bertz CT molecular complexity index is 489. The molecule has 1 fully saturated rings. The number of carbonyl (C=O) groups excluding carboxylic acids is 1. The van der Waals surface area contributed by atoms with Gasteiger partial charge in [-0.25, -0.2) is 4.39 Å². The van der Waals surface area contributed by atoms with Crippen LogP contribution in [0.4, 0.5) is 4.39 Å². The predicted octanol–water partition coefficient (Wildman–Crippen LogP) is 2.94. The van der Waals surface area contributed by atoms with Crippen LogP contribution in [0.25, 0.3) is 0 Å². The van der Waals surface area contributed by atoms with Gasteiger partial charge in [0.15, 0.2) is 0 Å². The standard InChI is InChI=1S/C17H25FN2O/c1-12(2)20(11-14-6-3-4-9-16(14)18)17(21)15-8-5-7-13(15)10-19/h3-4,6,9,12-13,15H,5,7-8,10-11,19H2,1-2H3/t13-,15-/m1/s1. The first-order valence-corrected chi connectivity index (χ1v) is 7.78. The first kappa shape index (κ1) is 16.0. The highest BCUT2D eigenvalue weighted by Crippen LogP contribution is 2.33. The summed E-state index contributed by atoms with van der Waals surface area (Å²) in [5, 5.41) is 0. The van der Waals surface area contributed by atoms with Crippen molar-refractivity contribution < 1.29 is 9.18 Å². The molecule has 1 aliphatic carbocycles. The highest BCUT2D eigenvalue weighted by atomic mass is 19.1. The van der Waals surface area contributed by atoms with Crippen LogP contribution in [0.3, 0.4) is 0 Å². The number of rotatable bonds is 5. The average molecular weight is 292 g/mol. The first-order valence-electron chi connectivity index (χ1n) is 7.78. The Hall–Kier alpha value is -1.42. The quantitative estimate of drug-likeness (QED) is 0.907. The van der Waals surface area contributed by atoms with Crippen LogP contribution in [-0.2, 0) is 11.3 Å². The number of hydrogen-bond acceptors (Lipinski definition) is 2. The van der Waals surface area contributed by atoms with Crippen LogP contribution < -0.4 is 5.73 Å². The molecule has 4 heteroatoms. The summed E-state index contributed by atoms with van der Waals surface area (Å²) in [6.07, 6.45) is 2.99. The lowest BCUT2D eigenvalue weighted by Gasteiger charge is -2.31. The van der Waals surface area contributed by atoms with Gasteiger partial charge >= 0.3 is 0 Å². The highest BCUT2D eigenvalue weighted by Gasteiger charge is 2.35. The molecule has 0 bridgehead atoms. The van der Waals surface area contributed by atoms with E-state index in [2.05, 4.69) is 0 Å². The van der Waals surface area contributed by atoms with E-state index in [9.17, 15) is 9.18 Å². The Balaban J connectivity index is 2.15. The van der Waals surface area contributed by atoms with Crippen molar-refractivity contribution in [3.8, 4) is 0 Å². The van der Waals surface area contributed by atoms with E-state index in [-0.39, 0.29) is 29.6 Å². The van der Waals surface area contributed by atoms with Crippen LogP contribution in [0.1, 0.15) is 38.7 Å². The van der Waals surface area contributed by atoms with Gasteiger partial charge in [-0.1, -0.05) is 24.6 Å². The van der Waals surface area contributed by atoms with Crippen molar-refractivity contribution >= 4 is 5.91 Å². The number of nitrogens with two attached hydrogens (primary N) is 1. The van der Waals surface area contributed by atoms with Gasteiger partial charge in [0.25, 0.3) is 0 Å². The topological polar surface area (TPSA) is 46.3 Å². The lowest BCUT2D eigenvalue weighted by molar-refractivity contribution is -0.139. The third kappa shape index (κ3) is 3.62. The van der Waals surface area contributed by atoms with E-state index in [4.69, 9.17) is 5.73 Å². The lowest BCUT2D eigenvalue weighted by atomic mass is 9.94. The second kappa shape index (κ2) is 7.03. The van der Waals surface area contributed by atoms with Crippen LogP contribution in [0, 0.1) is 17.7 Å². The van der Waals surface area contributed by atoms with Crippen molar-refractivity contribution in [3.63, 3.8) is 0 Å². The maximum Gasteiger partial charge on any atom is 0.226 e. The molecule has 1 saturated carbocycles. The van der Waals surface area contributed by atoms with Gasteiger partial charge in [0.05, 0.1) is 0 Å². The van der Waals surface area contributed by atoms with Gasteiger partial charge in [-0.15, -0.1) is 0 Å². The molecule has 0 spiro atoms. The summed E-state index contributed by atoms with van der Waals surface area (Å²) >= 11 is 0. The molecule has 1 aromatic carbocycles. The molecule has 2 atom stereocenters. The van der Waals surface area contributed by atoms with Crippen molar-refractivity contribution in [2.75, 3.05) is 6.54 Å². The fraction of sp³-hybridized carbons (Fsp3) is 0.588. The fourth-order valence-corrected chi connectivity index (χ4v) is 3.18. The minimum absolute atomic E-state index is 0.00386. The summed E-state index contributed by atoms with van der Waals surface area (Å²) in [4.78, 5) is 14.6. The smallest absolute Gasteiger partial charge is 0.226 e. The van der Waals surface area contributed by atoms with Crippen molar-refractivity contribution in [1.29, 1.82) is 0 Å². The van der Waals surface area contributed by atoms with Gasteiger partial charge < -0.3 is 10.6 Å². The number of amides is 1. The summed E-state index contributed by atoms with van der Waals surface area (Å²) in [7, 11) is 0. The van der Waals surface area contributed by atoms with Crippen LogP contribution in [0.2, 0.25) is 0 Å². The zero-order valence-corrected chi connectivity index (χ0v) is 12.9. The van der Waals surface area contributed by atoms with Crippen LogP contribution in [0.15, 0.2) is 24.3 Å². The van der Waals surface area contributed by atoms with Crippen LogP contribution in [-0.4, -0.2) is 23.4 Å². The molecular formula is C17H25FN2O.